The van der Waals surface area contributed by atoms with E-state index < -0.39 is 0 Å². The lowest BCUT2D eigenvalue weighted by atomic mass is 10.1. The Bertz CT molecular complexity index is 934. The molecule has 3 aromatic rings. The summed E-state index contributed by atoms with van der Waals surface area (Å²) in [7, 11) is 1.90. The molecular weight excluding hydrogens is 412 g/mol. The Hall–Kier alpha value is -2.12. The highest BCUT2D eigenvalue weighted by molar-refractivity contribution is 9.10. The maximum Gasteiger partial charge on any atom is 0.234 e. The van der Waals surface area contributed by atoms with Crippen molar-refractivity contribution in [1.82, 2.24) is 14.8 Å². The van der Waals surface area contributed by atoms with Crippen LogP contribution in [-0.4, -0.2) is 26.4 Å². The Kier molecular flexibility index (Phi) is 5.78. The number of hydrogen-bond donors (Lipinski definition) is 1. The minimum atomic E-state index is -0.0644. The van der Waals surface area contributed by atoms with Gasteiger partial charge in [-0.05, 0) is 43.2 Å². The third kappa shape index (κ3) is 4.34. The number of benzene rings is 2. The minimum Gasteiger partial charge on any atom is -0.325 e. The van der Waals surface area contributed by atoms with Gasteiger partial charge in [0.25, 0.3) is 0 Å². The van der Waals surface area contributed by atoms with Crippen molar-refractivity contribution < 1.29 is 4.79 Å². The summed E-state index contributed by atoms with van der Waals surface area (Å²) in [6, 6.07) is 13.9. The summed E-state index contributed by atoms with van der Waals surface area (Å²) >= 11 is 4.90. The second-order valence-electron chi connectivity index (χ2n) is 6.06. The van der Waals surface area contributed by atoms with E-state index in [-0.39, 0.29) is 11.7 Å². The Labute approximate surface area is 165 Å². The third-order valence-corrected chi connectivity index (χ3v) is 5.50. The molecule has 0 spiro atoms. The van der Waals surface area contributed by atoms with Crippen molar-refractivity contribution >= 4 is 39.3 Å². The van der Waals surface area contributed by atoms with Crippen molar-refractivity contribution in [3.63, 3.8) is 0 Å². The van der Waals surface area contributed by atoms with E-state index in [2.05, 4.69) is 37.5 Å². The number of anilines is 1. The van der Waals surface area contributed by atoms with Crippen LogP contribution in [0.15, 0.2) is 52.1 Å². The molecule has 0 radical (unpaired) electrons. The molecule has 0 aliphatic heterocycles. The van der Waals surface area contributed by atoms with Crippen LogP contribution in [0, 0.1) is 13.8 Å². The van der Waals surface area contributed by atoms with Crippen LogP contribution in [0.1, 0.15) is 11.1 Å². The third-order valence-electron chi connectivity index (χ3n) is 3.79. The van der Waals surface area contributed by atoms with Gasteiger partial charge in [0.1, 0.15) is 0 Å². The highest BCUT2D eigenvalue weighted by Crippen LogP contribution is 2.28. The van der Waals surface area contributed by atoms with Gasteiger partial charge in [-0.1, -0.05) is 52.0 Å². The molecule has 26 heavy (non-hydrogen) atoms. The van der Waals surface area contributed by atoms with E-state index in [0.29, 0.717) is 5.16 Å². The fraction of sp³-hybridized carbons (Fsp3) is 0.211. The summed E-state index contributed by atoms with van der Waals surface area (Å²) < 4.78 is 2.86. The topological polar surface area (TPSA) is 59.8 Å². The van der Waals surface area contributed by atoms with E-state index in [1.807, 2.05) is 61.9 Å². The molecule has 0 saturated heterocycles. The SMILES string of the molecule is Cc1cc(C)cc(NC(=O)CSc2nnc(-c3ccccc3Br)n2C)c1. The van der Waals surface area contributed by atoms with Crippen molar-refractivity contribution in [3.8, 4) is 11.4 Å². The van der Waals surface area contributed by atoms with Crippen LogP contribution in [0.5, 0.6) is 0 Å². The van der Waals surface area contributed by atoms with E-state index in [9.17, 15) is 4.79 Å². The number of thioether (sulfide) groups is 1. The predicted octanol–water partition coefficient (Wildman–Crippen LogP) is 4.59. The highest BCUT2D eigenvalue weighted by atomic mass is 79.9. The van der Waals surface area contributed by atoms with Crippen molar-refractivity contribution in [1.29, 1.82) is 0 Å². The minimum absolute atomic E-state index is 0.0644. The second kappa shape index (κ2) is 8.05. The predicted molar refractivity (Wildman–Crippen MR) is 109 cm³/mol. The molecule has 0 unspecified atom stereocenters. The molecular formula is C19H19BrN4OS. The van der Waals surface area contributed by atoms with Crippen molar-refractivity contribution in [2.45, 2.75) is 19.0 Å². The molecule has 7 heteroatoms. The molecule has 0 atom stereocenters. The molecule has 1 heterocycles. The van der Waals surface area contributed by atoms with Crippen LogP contribution in [-0.2, 0) is 11.8 Å². The molecule has 134 valence electrons. The molecule has 0 saturated carbocycles. The number of nitrogens with zero attached hydrogens (tertiary/aromatic N) is 3. The lowest BCUT2D eigenvalue weighted by Gasteiger charge is -2.08. The molecule has 2 aromatic carbocycles. The van der Waals surface area contributed by atoms with Crippen molar-refractivity contribution in [2.24, 2.45) is 7.05 Å². The van der Waals surface area contributed by atoms with Crippen molar-refractivity contribution in [2.75, 3.05) is 11.1 Å². The zero-order valence-electron chi connectivity index (χ0n) is 14.8. The summed E-state index contributed by atoms with van der Waals surface area (Å²) in [6.07, 6.45) is 0. The Morgan fingerprint density at radius 3 is 2.54 bits per heavy atom. The number of aryl methyl sites for hydroxylation is 2. The van der Waals surface area contributed by atoms with Gasteiger partial charge in [0, 0.05) is 22.8 Å². The van der Waals surface area contributed by atoms with E-state index >= 15 is 0 Å². The van der Waals surface area contributed by atoms with Crippen molar-refractivity contribution in [3.05, 3.63) is 58.1 Å². The number of aromatic nitrogens is 3. The van der Waals surface area contributed by atoms with Crippen LogP contribution in [0.25, 0.3) is 11.4 Å². The summed E-state index contributed by atoms with van der Waals surface area (Å²) in [4.78, 5) is 12.3. The first-order chi connectivity index (χ1) is 12.4. The molecule has 0 aliphatic rings. The quantitative estimate of drug-likeness (QED) is 0.601. The van der Waals surface area contributed by atoms with E-state index in [1.165, 1.54) is 11.8 Å². The van der Waals surface area contributed by atoms with E-state index in [4.69, 9.17) is 0 Å². The maximum absolute atomic E-state index is 12.3. The average molecular weight is 431 g/mol. The van der Waals surface area contributed by atoms with Crippen LogP contribution < -0.4 is 5.32 Å². The van der Waals surface area contributed by atoms with Crippen LogP contribution in [0.3, 0.4) is 0 Å². The number of halogens is 1. The number of amides is 1. The monoisotopic (exact) mass is 430 g/mol. The summed E-state index contributed by atoms with van der Waals surface area (Å²) in [5.41, 5.74) is 4.03. The zero-order valence-corrected chi connectivity index (χ0v) is 17.2. The van der Waals surface area contributed by atoms with Crippen LogP contribution in [0.2, 0.25) is 0 Å². The molecule has 1 aromatic heterocycles. The van der Waals surface area contributed by atoms with Crippen LogP contribution in [0.4, 0.5) is 5.69 Å². The first-order valence-corrected chi connectivity index (χ1v) is 9.87. The molecule has 1 amide bonds. The fourth-order valence-corrected chi connectivity index (χ4v) is 3.86. The van der Waals surface area contributed by atoms with Gasteiger partial charge >= 0.3 is 0 Å². The van der Waals surface area contributed by atoms with Gasteiger partial charge in [-0.3, -0.25) is 4.79 Å². The number of hydrogen-bond acceptors (Lipinski definition) is 4. The van der Waals surface area contributed by atoms with Gasteiger partial charge in [0.15, 0.2) is 11.0 Å². The van der Waals surface area contributed by atoms with E-state index in [0.717, 1.165) is 32.7 Å². The van der Waals surface area contributed by atoms with Gasteiger partial charge in [0.05, 0.1) is 5.75 Å². The van der Waals surface area contributed by atoms with Gasteiger partial charge < -0.3 is 9.88 Å². The standard InChI is InChI=1S/C19H19BrN4OS/c1-12-8-13(2)10-14(9-12)21-17(25)11-26-19-23-22-18(24(19)3)15-6-4-5-7-16(15)20/h4-10H,11H2,1-3H3,(H,21,25). The second-order valence-corrected chi connectivity index (χ2v) is 7.86. The summed E-state index contributed by atoms with van der Waals surface area (Å²) in [6.45, 7) is 4.03. The van der Waals surface area contributed by atoms with Gasteiger partial charge in [-0.15, -0.1) is 10.2 Å². The zero-order chi connectivity index (χ0) is 18.7. The van der Waals surface area contributed by atoms with Gasteiger partial charge in [-0.25, -0.2) is 0 Å². The average Bonchev–Trinajstić information content (AvgIpc) is 2.93. The number of rotatable bonds is 5. The summed E-state index contributed by atoms with van der Waals surface area (Å²) in [5, 5.41) is 12.1. The van der Waals surface area contributed by atoms with Crippen LogP contribution >= 0.6 is 27.7 Å². The van der Waals surface area contributed by atoms with Gasteiger partial charge in [0.2, 0.25) is 5.91 Å². The molecule has 1 N–H and O–H groups in total. The highest BCUT2D eigenvalue weighted by Gasteiger charge is 2.14. The molecule has 0 aliphatic carbocycles. The first kappa shape index (κ1) is 18.7. The van der Waals surface area contributed by atoms with Gasteiger partial charge in [-0.2, -0.15) is 0 Å². The lowest BCUT2D eigenvalue weighted by Crippen LogP contribution is -2.14. The molecule has 3 rings (SSSR count). The largest absolute Gasteiger partial charge is 0.325 e. The maximum atomic E-state index is 12.3. The normalized spacial score (nSPS) is 10.8. The molecule has 5 nitrogen and oxygen atoms in total. The molecule has 0 fully saturated rings. The van der Waals surface area contributed by atoms with E-state index in [1.54, 1.807) is 0 Å². The fourth-order valence-electron chi connectivity index (χ4n) is 2.69. The molecule has 0 bridgehead atoms. The summed E-state index contributed by atoms with van der Waals surface area (Å²) in [5.74, 6) is 0.967. The number of carbonyl (C=O) groups excluding carboxylic acids is 1. The Balaban J connectivity index is 1.67. The first-order valence-electron chi connectivity index (χ1n) is 8.09. The smallest absolute Gasteiger partial charge is 0.234 e. The number of carbonyl (C=O) groups is 1. The number of nitrogens with one attached hydrogen (secondary N) is 1. The Morgan fingerprint density at radius 1 is 1.15 bits per heavy atom. The Morgan fingerprint density at radius 2 is 1.85 bits per heavy atom. The lowest BCUT2D eigenvalue weighted by molar-refractivity contribution is -0.113.